The highest BCUT2D eigenvalue weighted by molar-refractivity contribution is 6.33. The molecule has 1 aliphatic carbocycles. The van der Waals surface area contributed by atoms with Gasteiger partial charge in [0, 0.05) is 18.0 Å². The fourth-order valence-corrected chi connectivity index (χ4v) is 3.37. The largest absolute Gasteiger partial charge is 0.491 e. The van der Waals surface area contributed by atoms with Crippen molar-refractivity contribution in [1.82, 2.24) is 19.3 Å². The molecule has 0 radical (unpaired) electrons. The van der Waals surface area contributed by atoms with Crippen LogP contribution < -0.4 is 10.4 Å². The van der Waals surface area contributed by atoms with Crippen molar-refractivity contribution in [2.24, 2.45) is 0 Å². The zero-order valence-electron chi connectivity index (χ0n) is 15.3. The second-order valence-electron chi connectivity index (χ2n) is 6.99. The van der Waals surface area contributed by atoms with Gasteiger partial charge in [-0.1, -0.05) is 11.6 Å². The summed E-state index contributed by atoms with van der Waals surface area (Å²) in [5, 5.41) is 5.10. The highest BCUT2D eigenvalue weighted by Gasteiger charge is 2.27. The normalized spacial score (nSPS) is 14.4. The van der Waals surface area contributed by atoms with Crippen LogP contribution >= 0.6 is 11.6 Å². The monoisotopic (exact) mass is 384 g/mol. The van der Waals surface area contributed by atoms with Crippen LogP contribution in [0.15, 0.2) is 47.5 Å². The van der Waals surface area contributed by atoms with E-state index in [0.29, 0.717) is 16.4 Å². The topological polar surface area (TPSA) is 61.9 Å². The highest BCUT2D eigenvalue weighted by atomic mass is 35.5. The van der Waals surface area contributed by atoms with Crippen molar-refractivity contribution in [3.05, 3.63) is 58.2 Å². The Balaban J connectivity index is 1.84. The summed E-state index contributed by atoms with van der Waals surface area (Å²) < 4.78 is 8.90. The Morgan fingerprint density at radius 2 is 1.93 bits per heavy atom. The van der Waals surface area contributed by atoms with Crippen LogP contribution in [0.25, 0.3) is 17.1 Å². The van der Waals surface area contributed by atoms with Crippen molar-refractivity contribution in [2.45, 2.75) is 45.3 Å². The predicted octanol–water partition coefficient (Wildman–Crippen LogP) is 4.26. The van der Waals surface area contributed by atoms with E-state index in [4.69, 9.17) is 16.3 Å². The SMILES string of the molecule is CC(C)Oc1ccc(-n2c(-c3ccncc3Cl)nn(C3CCC3)c2=O)cc1. The van der Waals surface area contributed by atoms with Gasteiger partial charge in [-0.05, 0) is 63.4 Å². The first-order valence-corrected chi connectivity index (χ1v) is 9.51. The lowest BCUT2D eigenvalue weighted by Crippen LogP contribution is -2.30. The van der Waals surface area contributed by atoms with Gasteiger partial charge in [-0.2, -0.15) is 0 Å². The van der Waals surface area contributed by atoms with E-state index >= 15 is 0 Å². The minimum atomic E-state index is -0.153. The Morgan fingerprint density at radius 1 is 1.19 bits per heavy atom. The number of hydrogen-bond acceptors (Lipinski definition) is 4. The lowest BCUT2D eigenvalue weighted by atomic mass is 9.93. The maximum Gasteiger partial charge on any atom is 0.351 e. The number of hydrogen-bond donors (Lipinski definition) is 0. The first-order chi connectivity index (χ1) is 13.0. The second-order valence-corrected chi connectivity index (χ2v) is 7.39. The van der Waals surface area contributed by atoms with Crippen LogP contribution in [-0.4, -0.2) is 25.4 Å². The Morgan fingerprint density at radius 3 is 2.52 bits per heavy atom. The third-order valence-electron chi connectivity index (χ3n) is 4.70. The Hall–Kier alpha value is -2.60. The molecule has 1 aliphatic rings. The highest BCUT2D eigenvalue weighted by Crippen LogP contribution is 2.32. The number of rotatable bonds is 5. The molecule has 0 atom stereocenters. The molecule has 0 saturated heterocycles. The molecule has 3 aromatic rings. The number of aromatic nitrogens is 4. The Bertz CT molecular complexity index is 1000. The van der Waals surface area contributed by atoms with Crippen LogP contribution in [-0.2, 0) is 0 Å². The van der Waals surface area contributed by atoms with E-state index in [9.17, 15) is 4.79 Å². The molecule has 0 aliphatic heterocycles. The number of benzene rings is 1. The molecule has 1 aromatic carbocycles. The fourth-order valence-electron chi connectivity index (χ4n) is 3.16. The summed E-state index contributed by atoms with van der Waals surface area (Å²) in [7, 11) is 0. The van der Waals surface area contributed by atoms with Crippen LogP contribution in [0.4, 0.5) is 0 Å². The maximum absolute atomic E-state index is 13.1. The third kappa shape index (κ3) is 3.37. The zero-order valence-corrected chi connectivity index (χ0v) is 16.1. The van der Waals surface area contributed by atoms with Gasteiger partial charge in [-0.3, -0.25) is 4.98 Å². The molecule has 2 aromatic heterocycles. The summed E-state index contributed by atoms with van der Waals surface area (Å²) >= 11 is 6.34. The van der Waals surface area contributed by atoms with Crippen LogP contribution in [0.3, 0.4) is 0 Å². The van der Waals surface area contributed by atoms with Crippen molar-refractivity contribution in [3.63, 3.8) is 0 Å². The van der Waals surface area contributed by atoms with E-state index in [-0.39, 0.29) is 17.8 Å². The molecule has 1 saturated carbocycles. The fraction of sp³-hybridized carbons (Fsp3) is 0.350. The lowest BCUT2D eigenvalue weighted by molar-refractivity contribution is 0.242. The van der Waals surface area contributed by atoms with E-state index in [1.807, 2.05) is 38.1 Å². The summed E-state index contributed by atoms with van der Waals surface area (Å²) in [5.74, 6) is 1.29. The van der Waals surface area contributed by atoms with Crippen LogP contribution in [0, 0.1) is 0 Å². The van der Waals surface area contributed by atoms with Crippen LogP contribution in [0.5, 0.6) is 5.75 Å². The molecule has 0 spiro atoms. The van der Waals surface area contributed by atoms with Crippen molar-refractivity contribution >= 4 is 11.6 Å². The van der Waals surface area contributed by atoms with E-state index in [2.05, 4.69) is 10.1 Å². The number of halogens is 1. The van der Waals surface area contributed by atoms with Crippen molar-refractivity contribution in [2.75, 3.05) is 0 Å². The van der Waals surface area contributed by atoms with Gasteiger partial charge in [0.05, 0.1) is 22.9 Å². The Kier molecular flexibility index (Phi) is 4.74. The summed E-state index contributed by atoms with van der Waals surface area (Å²) in [5.41, 5.74) is 1.26. The van der Waals surface area contributed by atoms with Gasteiger partial charge in [-0.25, -0.2) is 14.0 Å². The molecule has 2 heterocycles. The zero-order chi connectivity index (χ0) is 19.0. The van der Waals surface area contributed by atoms with Gasteiger partial charge in [0.15, 0.2) is 5.82 Å². The molecule has 1 fully saturated rings. The van der Waals surface area contributed by atoms with Crippen molar-refractivity contribution < 1.29 is 4.74 Å². The summed E-state index contributed by atoms with van der Waals surface area (Å²) in [4.78, 5) is 17.2. The molecular formula is C20H21ClN4O2. The third-order valence-corrected chi connectivity index (χ3v) is 5.00. The van der Waals surface area contributed by atoms with Gasteiger partial charge in [0.2, 0.25) is 0 Å². The average molecular weight is 385 g/mol. The minimum Gasteiger partial charge on any atom is -0.491 e. The second kappa shape index (κ2) is 7.19. The number of ether oxygens (including phenoxy) is 1. The maximum atomic E-state index is 13.1. The first-order valence-electron chi connectivity index (χ1n) is 9.13. The lowest BCUT2D eigenvalue weighted by Gasteiger charge is -2.24. The molecule has 6 nitrogen and oxygen atoms in total. The molecule has 7 heteroatoms. The quantitative estimate of drug-likeness (QED) is 0.659. The minimum absolute atomic E-state index is 0.0890. The Labute approximate surface area is 162 Å². The van der Waals surface area contributed by atoms with E-state index in [1.54, 1.807) is 27.7 Å². The van der Waals surface area contributed by atoms with Crippen molar-refractivity contribution in [3.8, 4) is 22.8 Å². The van der Waals surface area contributed by atoms with Gasteiger partial charge in [0.25, 0.3) is 0 Å². The first kappa shape index (κ1) is 17.8. The van der Waals surface area contributed by atoms with Gasteiger partial charge in [-0.15, -0.1) is 5.10 Å². The molecule has 140 valence electrons. The van der Waals surface area contributed by atoms with E-state index in [0.717, 1.165) is 30.7 Å². The molecule has 0 bridgehead atoms. The molecule has 0 N–H and O–H groups in total. The standard InChI is InChI=1S/C20H21ClN4O2/c1-13(2)27-16-8-6-14(7-9-16)24-19(17-10-11-22-12-18(17)21)23-25(20(24)26)15-4-3-5-15/h6-13,15H,3-5H2,1-2H3. The van der Waals surface area contributed by atoms with Gasteiger partial charge >= 0.3 is 5.69 Å². The molecule has 0 unspecified atom stereocenters. The van der Waals surface area contributed by atoms with Gasteiger partial charge < -0.3 is 4.74 Å². The van der Waals surface area contributed by atoms with E-state index < -0.39 is 0 Å². The van der Waals surface area contributed by atoms with Crippen molar-refractivity contribution in [1.29, 1.82) is 0 Å². The molecular weight excluding hydrogens is 364 g/mol. The summed E-state index contributed by atoms with van der Waals surface area (Å²) in [6.07, 6.45) is 6.37. The summed E-state index contributed by atoms with van der Waals surface area (Å²) in [6.45, 7) is 3.95. The molecule has 4 rings (SSSR count). The molecule has 27 heavy (non-hydrogen) atoms. The average Bonchev–Trinajstić information content (AvgIpc) is 2.91. The van der Waals surface area contributed by atoms with Crippen LogP contribution in [0.1, 0.15) is 39.2 Å². The van der Waals surface area contributed by atoms with Crippen LogP contribution in [0.2, 0.25) is 5.02 Å². The number of pyridine rings is 1. The van der Waals surface area contributed by atoms with Gasteiger partial charge in [0.1, 0.15) is 5.75 Å². The molecule has 0 amide bonds. The predicted molar refractivity (Wildman–Crippen MR) is 105 cm³/mol. The number of nitrogens with zero attached hydrogens (tertiary/aromatic N) is 4. The smallest absolute Gasteiger partial charge is 0.351 e. The summed E-state index contributed by atoms with van der Waals surface area (Å²) in [6, 6.07) is 9.39. The van der Waals surface area contributed by atoms with E-state index in [1.165, 1.54) is 0 Å².